The van der Waals surface area contributed by atoms with Crippen LogP contribution in [0.5, 0.6) is 0 Å². The molecule has 0 heterocycles. The van der Waals surface area contributed by atoms with Crippen LogP contribution >= 0.6 is 11.8 Å². The van der Waals surface area contributed by atoms with Crippen LogP contribution in [0, 0.1) is 0 Å². The molecule has 0 aromatic heterocycles. The summed E-state index contributed by atoms with van der Waals surface area (Å²) in [4.78, 5) is 0.231. The lowest BCUT2D eigenvalue weighted by Gasteiger charge is -2.24. The number of hydrogen-bond donors (Lipinski definition) is 1. The van der Waals surface area contributed by atoms with Gasteiger partial charge in [-0.3, -0.25) is 0 Å². The number of hydrogen-bond acceptors (Lipinski definition) is 4. The van der Waals surface area contributed by atoms with Gasteiger partial charge in [0, 0.05) is 13.1 Å². The highest BCUT2D eigenvalue weighted by Crippen LogP contribution is 2.22. The molecule has 2 atom stereocenters. The van der Waals surface area contributed by atoms with Crippen LogP contribution in [0.1, 0.15) is 31.9 Å². The van der Waals surface area contributed by atoms with Crippen molar-refractivity contribution in [2.45, 2.75) is 37.3 Å². The maximum atomic E-state index is 12.5. The first kappa shape index (κ1) is 17.5. The highest BCUT2D eigenvalue weighted by molar-refractivity contribution is 7.98. The number of aliphatic hydroxyl groups excluding tert-OH is 1. The summed E-state index contributed by atoms with van der Waals surface area (Å²) in [6, 6.07) is 6.44. The predicted octanol–water partition coefficient (Wildman–Crippen LogP) is 2.50. The van der Waals surface area contributed by atoms with E-state index in [0.717, 1.165) is 12.2 Å². The SMILES string of the molecule is CSCCC(C)N(C)S(=O)(=O)c1cccc(C(C)O)c1. The Hall–Kier alpha value is -0.560. The van der Waals surface area contributed by atoms with E-state index in [-0.39, 0.29) is 10.9 Å². The maximum absolute atomic E-state index is 12.5. The topological polar surface area (TPSA) is 57.6 Å². The van der Waals surface area contributed by atoms with Gasteiger partial charge in [-0.05, 0) is 50.0 Å². The van der Waals surface area contributed by atoms with Crippen LogP contribution in [0.15, 0.2) is 29.2 Å². The van der Waals surface area contributed by atoms with E-state index < -0.39 is 16.1 Å². The molecule has 1 aromatic rings. The summed E-state index contributed by atoms with van der Waals surface area (Å²) in [6.45, 7) is 3.53. The van der Waals surface area contributed by atoms with Gasteiger partial charge in [0.05, 0.1) is 11.0 Å². The lowest BCUT2D eigenvalue weighted by Crippen LogP contribution is -2.35. The Labute approximate surface area is 126 Å². The minimum absolute atomic E-state index is 0.0531. The van der Waals surface area contributed by atoms with Gasteiger partial charge in [0.2, 0.25) is 10.0 Å². The third-order valence-electron chi connectivity index (χ3n) is 3.38. The van der Waals surface area contributed by atoms with Gasteiger partial charge in [-0.15, -0.1) is 0 Å². The van der Waals surface area contributed by atoms with Gasteiger partial charge in [-0.1, -0.05) is 12.1 Å². The quantitative estimate of drug-likeness (QED) is 0.839. The van der Waals surface area contributed by atoms with Crippen LogP contribution in [-0.2, 0) is 10.0 Å². The van der Waals surface area contributed by atoms with Crippen LogP contribution in [0.2, 0.25) is 0 Å². The van der Waals surface area contributed by atoms with Crippen LogP contribution in [0.4, 0.5) is 0 Å². The summed E-state index contributed by atoms with van der Waals surface area (Å²) in [5.41, 5.74) is 0.608. The van der Waals surface area contributed by atoms with Crippen LogP contribution in [0.3, 0.4) is 0 Å². The van der Waals surface area contributed by atoms with Crippen molar-refractivity contribution in [1.29, 1.82) is 0 Å². The Morgan fingerprint density at radius 1 is 1.35 bits per heavy atom. The molecule has 0 aliphatic heterocycles. The minimum Gasteiger partial charge on any atom is -0.389 e. The van der Waals surface area contributed by atoms with Crippen LogP contribution in [0.25, 0.3) is 0 Å². The Balaban J connectivity index is 3.00. The first-order valence-corrected chi connectivity index (χ1v) is 9.39. The van der Waals surface area contributed by atoms with Crippen molar-refractivity contribution in [3.63, 3.8) is 0 Å². The molecule has 0 fully saturated rings. The number of thioether (sulfide) groups is 1. The van der Waals surface area contributed by atoms with Gasteiger partial charge in [-0.25, -0.2) is 8.42 Å². The van der Waals surface area contributed by atoms with Crippen molar-refractivity contribution in [2.24, 2.45) is 0 Å². The molecule has 1 aromatic carbocycles. The minimum atomic E-state index is -3.51. The second-order valence-electron chi connectivity index (χ2n) is 4.90. The van der Waals surface area contributed by atoms with E-state index in [1.54, 1.807) is 43.9 Å². The number of rotatable bonds is 7. The van der Waals surface area contributed by atoms with Gasteiger partial charge in [-0.2, -0.15) is 16.1 Å². The number of nitrogens with zero attached hydrogens (tertiary/aromatic N) is 1. The summed E-state index contributed by atoms with van der Waals surface area (Å²) < 4.78 is 26.5. The zero-order valence-electron chi connectivity index (χ0n) is 12.4. The maximum Gasteiger partial charge on any atom is 0.243 e. The Morgan fingerprint density at radius 2 is 2.00 bits per heavy atom. The summed E-state index contributed by atoms with van der Waals surface area (Å²) in [7, 11) is -1.91. The average molecular weight is 317 g/mol. The molecule has 0 aliphatic carbocycles. The molecular formula is C14H23NO3S2. The van der Waals surface area contributed by atoms with Crippen molar-refractivity contribution in [1.82, 2.24) is 4.31 Å². The van der Waals surface area contributed by atoms with Crippen molar-refractivity contribution in [2.75, 3.05) is 19.1 Å². The standard InChI is InChI=1S/C14H23NO3S2/c1-11(8-9-19-4)15(3)20(17,18)14-7-5-6-13(10-14)12(2)16/h5-7,10-12,16H,8-9H2,1-4H3. The van der Waals surface area contributed by atoms with Crippen molar-refractivity contribution in [3.8, 4) is 0 Å². The number of sulfonamides is 1. The third-order valence-corrected chi connectivity index (χ3v) is 5.99. The van der Waals surface area contributed by atoms with Crippen LogP contribution < -0.4 is 0 Å². The Kier molecular flexibility index (Phi) is 6.51. The van der Waals surface area contributed by atoms with E-state index in [1.165, 1.54) is 10.4 Å². The van der Waals surface area contributed by atoms with Gasteiger partial charge in [0.15, 0.2) is 0 Å². The smallest absolute Gasteiger partial charge is 0.243 e. The second-order valence-corrected chi connectivity index (χ2v) is 7.88. The molecule has 0 radical (unpaired) electrons. The van der Waals surface area contributed by atoms with Gasteiger partial charge >= 0.3 is 0 Å². The summed E-state index contributed by atoms with van der Waals surface area (Å²) in [5.74, 6) is 0.925. The van der Waals surface area contributed by atoms with E-state index in [0.29, 0.717) is 5.56 Å². The zero-order valence-corrected chi connectivity index (χ0v) is 14.0. The van der Waals surface area contributed by atoms with Crippen LogP contribution in [-0.4, -0.2) is 42.9 Å². The highest BCUT2D eigenvalue weighted by atomic mass is 32.2. The highest BCUT2D eigenvalue weighted by Gasteiger charge is 2.25. The van der Waals surface area contributed by atoms with E-state index in [1.807, 2.05) is 13.2 Å². The molecule has 1 rings (SSSR count). The molecule has 0 amide bonds. The third kappa shape index (κ3) is 4.22. The molecule has 20 heavy (non-hydrogen) atoms. The molecule has 2 unspecified atom stereocenters. The van der Waals surface area contributed by atoms with Gasteiger partial charge < -0.3 is 5.11 Å². The lowest BCUT2D eigenvalue weighted by atomic mass is 10.1. The van der Waals surface area contributed by atoms with Crippen molar-refractivity contribution < 1.29 is 13.5 Å². The molecule has 6 heteroatoms. The van der Waals surface area contributed by atoms with E-state index in [2.05, 4.69) is 0 Å². The fourth-order valence-corrected chi connectivity index (χ4v) is 3.83. The summed E-state index contributed by atoms with van der Waals surface area (Å²) in [5, 5.41) is 9.57. The summed E-state index contributed by atoms with van der Waals surface area (Å²) in [6.07, 6.45) is 2.14. The fraction of sp³-hybridized carbons (Fsp3) is 0.571. The molecule has 0 saturated carbocycles. The number of aliphatic hydroxyl groups is 1. The van der Waals surface area contributed by atoms with E-state index in [4.69, 9.17) is 0 Å². The fourth-order valence-electron chi connectivity index (χ4n) is 1.81. The van der Waals surface area contributed by atoms with E-state index >= 15 is 0 Å². The van der Waals surface area contributed by atoms with Crippen molar-refractivity contribution in [3.05, 3.63) is 29.8 Å². The van der Waals surface area contributed by atoms with Gasteiger partial charge in [0.25, 0.3) is 0 Å². The largest absolute Gasteiger partial charge is 0.389 e. The number of benzene rings is 1. The lowest BCUT2D eigenvalue weighted by molar-refractivity contribution is 0.199. The van der Waals surface area contributed by atoms with Gasteiger partial charge in [0.1, 0.15) is 0 Å². The molecule has 0 aliphatic rings. The second kappa shape index (κ2) is 7.45. The first-order chi connectivity index (χ1) is 9.30. The monoisotopic (exact) mass is 317 g/mol. The molecule has 114 valence electrons. The molecule has 4 nitrogen and oxygen atoms in total. The summed E-state index contributed by atoms with van der Waals surface area (Å²) >= 11 is 1.71. The molecule has 0 bridgehead atoms. The average Bonchev–Trinajstić information content (AvgIpc) is 2.43. The molecule has 0 spiro atoms. The Morgan fingerprint density at radius 3 is 2.55 bits per heavy atom. The Bertz CT molecular complexity index is 529. The predicted molar refractivity (Wildman–Crippen MR) is 84.5 cm³/mol. The normalized spacial score (nSPS) is 15.3. The molecular weight excluding hydrogens is 294 g/mol. The first-order valence-electron chi connectivity index (χ1n) is 6.55. The van der Waals surface area contributed by atoms with Crippen molar-refractivity contribution >= 4 is 21.8 Å². The van der Waals surface area contributed by atoms with E-state index in [9.17, 15) is 13.5 Å². The molecule has 0 saturated heterocycles. The molecule has 1 N–H and O–H groups in total. The zero-order chi connectivity index (χ0) is 15.3.